The number of rotatable bonds is 2. The normalized spacial score (nSPS) is 11.8. The molecule has 0 amide bonds. The Morgan fingerprint density at radius 1 is 1.22 bits per heavy atom. The first kappa shape index (κ1) is 15.1. The third-order valence-corrected chi connectivity index (χ3v) is 3.56. The number of nitrogens with zero attached hydrogens (tertiary/aromatic N) is 3. The van der Waals surface area contributed by atoms with Crippen LogP contribution < -0.4 is 0 Å². The molecule has 5 nitrogen and oxygen atoms in total. The molecule has 6 heteroatoms. The number of hydrogen-bond donors (Lipinski definition) is 1. The van der Waals surface area contributed by atoms with Crippen molar-refractivity contribution in [3.8, 4) is 11.3 Å². The van der Waals surface area contributed by atoms with E-state index in [1.165, 1.54) is 16.6 Å². The molecule has 118 valence electrons. The van der Waals surface area contributed by atoms with E-state index < -0.39 is 11.8 Å². The van der Waals surface area contributed by atoms with E-state index in [9.17, 15) is 14.3 Å². The highest BCUT2D eigenvalue weighted by Gasteiger charge is 2.22. The minimum atomic E-state index is -1.16. The fraction of sp³-hybridized carbons (Fsp3) is 0.235. The van der Waals surface area contributed by atoms with Crippen molar-refractivity contribution in [3.05, 3.63) is 53.6 Å². The van der Waals surface area contributed by atoms with Crippen LogP contribution in [0, 0.1) is 5.82 Å². The van der Waals surface area contributed by atoms with Crippen LogP contribution in [0.2, 0.25) is 0 Å². The van der Waals surface area contributed by atoms with E-state index in [-0.39, 0.29) is 16.7 Å². The van der Waals surface area contributed by atoms with Crippen molar-refractivity contribution in [1.82, 2.24) is 14.6 Å². The molecule has 0 unspecified atom stereocenters. The van der Waals surface area contributed by atoms with Crippen molar-refractivity contribution in [2.45, 2.75) is 26.2 Å². The largest absolute Gasteiger partial charge is 0.477 e. The van der Waals surface area contributed by atoms with Gasteiger partial charge in [0.1, 0.15) is 5.82 Å². The van der Waals surface area contributed by atoms with E-state index >= 15 is 0 Å². The van der Waals surface area contributed by atoms with E-state index in [1.54, 1.807) is 24.3 Å². The molecule has 0 spiro atoms. The number of benzene rings is 1. The van der Waals surface area contributed by atoms with Crippen LogP contribution in [-0.2, 0) is 5.41 Å². The standard InChI is InChI=1S/C17H16FN3O2/c1-17(2,3)14-9-15-19-12(16(22)23)8-13(21(15)20-14)10-6-4-5-7-11(10)18/h4-9H,1-3H3,(H,22,23). The molecule has 0 saturated carbocycles. The summed E-state index contributed by atoms with van der Waals surface area (Å²) in [5.74, 6) is -1.60. The summed E-state index contributed by atoms with van der Waals surface area (Å²) in [5, 5.41) is 13.8. The fourth-order valence-corrected chi connectivity index (χ4v) is 2.31. The van der Waals surface area contributed by atoms with Gasteiger partial charge < -0.3 is 5.11 Å². The minimum Gasteiger partial charge on any atom is -0.477 e. The van der Waals surface area contributed by atoms with Gasteiger partial charge in [-0.1, -0.05) is 32.9 Å². The molecule has 23 heavy (non-hydrogen) atoms. The molecule has 0 saturated heterocycles. The van der Waals surface area contributed by atoms with Crippen LogP contribution in [0.25, 0.3) is 16.9 Å². The van der Waals surface area contributed by atoms with Gasteiger partial charge in [0.15, 0.2) is 11.3 Å². The van der Waals surface area contributed by atoms with Crippen LogP contribution >= 0.6 is 0 Å². The van der Waals surface area contributed by atoms with Gasteiger partial charge in [0, 0.05) is 17.0 Å². The number of carboxylic acid groups (broad SMARTS) is 1. The Morgan fingerprint density at radius 2 is 1.91 bits per heavy atom. The maximum Gasteiger partial charge on any atom is 0.354 e. The first-order valence-electron chi connectivity index (χ1n) is 7.17. The summed E-state index contributed by atoms with van der Waals surface area (Å²) in [6.07, 6.45) is 0. The molecule has 3 rings (SSSR count). The second-order valence-corrected chi connectivity index (χ2v) is 6.36. The van der Waals surface area contributed by atoms with E-state index in [0.29, 0.717) is 11.3 Å². The van der Waals surface area contributed by atoms with Crippen LogP contribution in [0.15, 0.2) is 36.4 Å². The molecule has 2 aromatic heterocycles. The van der Waals surface area contributed by atoms with Gasteiger partial charge in [0.2, 0.25) is 0 Å². The van der Waals surface area contributed by atoms with E-state index in [4.69, 9.17) is 0 Å². The van der Waals surface area contributed by atoms with E-state index in [1.807, 2.05) is 20.8 Å². The number of halogens is 1. The highest BCUT2D eigenvalue weighted by molar-refractivity contribution is 5.87. The molecule has 0 atom stereocenters. The number of aromatic nitrogens is 3. The van der Waals surface area contributed by atoms with Crippen molar-refractivity contribution < 1.29 is 14.3 Å². The van der Waals surface area contributed by atoms with Crippen molar-refractivity contribution >= 4 is 11.6 Å². The molecule has 0 aliphatic carbocycles. The molecule has 1 N–H and O–H groups in total. The third-order valence-electron chi connectivity index (χ3n) is 3.56. The van der Waals surface area contributed by atoms with Crippen molar-refractivity contribution in [1.29, 1.82) is 0 Å². The fourth-order valence-electron chi connectivity index (χ4n) is 2.31. The summed E-state index contributed by atoms with van der Waals surface area (Å²) in [5.41, 5.74) is 1.41. The molecule has 1 aromatic carbocycles. The monoisotopic (exact) mass is 313 g/mol. The Hall–Kier alpha value is -2.76. The molecule has 0 aliphatic heterocycles. The third kappa shape index (κ3) is 2.67. The Bertz CT molecular complexity index is 910. The summed E-state index contributed by atoms with van der Waals surface area (Å²) in [7, 11) is 0. The Labute approximate surface area is 132 Å². The second kappa shape index (κ2) is 5.15. The zero-order valence-electron chi connectivity index (χ0n) is 13.0. The molecule has 0 radical (unpaired) electrons. The molecule has 0 aliphatic rings. The predicted octanol–water partition coefficient (Wildman–Crippen LogP) is 3.53. The molecule has 0 fully saturated rings. The second-order valence-electron chi connectivity index (χ2n) is 6.36. The number of carbonyl (C=O) groups is 1. The highest BCUT2D eigenvalue weighted by atomic mass is 19.1. The summed E-state index contributed by atoms with van der Waals surface area (Å²) < 4.78 is 15.7. The lowest BCUT2D eigenvalue weighted by atomic mass is 9.93. The van der Waals surface area contributed by atoms with Crippen LogP contribution in [0.4, 0.5) is 4.39 Å². The van der Waals surface area contributed by atoms with E-state index in [0.717, 1.165) is 5.69 Å². The smallest absolute Gasteiger partial charge is 0.354 e. The number of hydrogen-bond acceptors (Lipinski definition) is 3. The summed E-state index contributed by atoms with van der Waals surface area (Å²) in [4.78, 5) is 15.4. The van der Waals surface area contributed by atoms with Crippen LogP contribution in [-0.4, -0.2) is 25.7 Å². The van der Waals surface area contributed by atoms with Gasteiger partial charge in [-0.25, -0.2) is 18.7 Å². The van der Waals surface area contributed by atoms with Crippen molar-refractivity contribution in [3.63, 3.8) is 0 Å². The van der Waals surface area contributed by atoms with Gasteiger partial charge in [-0.2, -0.15) is 5.10 Å². The average molecular weight is 313 g/mol. The zero-order valence-corrected chi connectivity index (χ0v) is 13.0. The first-order chi connectivity index (χ1) is 10.8. The van der Waals surface area contributed by atoms with Gasteiger partial charge in [-0.3, -0.25) is 0 Å². The summed E-state index contributed by atoms with van der Waals surface area (Å²) >= 11 is 0. The van der Waals surface area contributed by atoms with Gasteiger partial charge in [-0.05, 0) is 18.2 Å². The van der Waals surface area contributed by atoms with Gasteiger partial charge in [0.05, 0.1) is 11.4 Å². The van der Waals surface area contributed by atoms with Crippen LogP contribution in [0.5, 0.6) is 0 Å². The number of fused-ring (bicyclic) bond motifs is 1. The maximum absolute atomic E-state index is 14.2. The molecule has 0 bridgehead atoms. The Balaban J connectivity index is 2.36. The lowest BCUT2D eigenvalue weighted by molar-refractivity contribution is 0.0690. The average Bonchev–Trinajstić information content (AvgIpc) is 2.91. The maximum atomic E-state index is 14.2. The lowest BCUT2D eigenvalue weighted by Gasteiger charge is -2.13. The van der Waals surface area contributed by atoms with Gasteiger partial charge in [0.25, 0.3) is 0 Å². The molecule has 3 aromatic rings. The van der Waals surface area contributed by atoms with Crippen LogP contribution in [0.1, 0.15) is 37.0 Å². The van der Waals surface area contributed by atoms with Gasteiger partial charge in [-0.15, -0.1) is 0 Å². The molecular formula is C17H16FN3O2. The molecule has 2 heterocycles. The Morgan fingerprint density at radius 3 is 2.52 bits per heavy atom. The quantitative estimate of drug-likeness (QED) is 0.786. The predicted molar refractivity (Wildman–Crippen MR) is 84.0 cm³/mol. The summed E-state index contributed by atoms with van der Waals surface area (Å²) in [6, 6.07) is 9.27. The highest BCUT2D eigenvalue weighted by Crippen LogP contribution is 2.27. The van der Waals surface area contributed by atoms with E-state index in [2.05, 4.69) is 10.1 Å². The van der Waals surface area contributed by atoms with Crippen molar-refractivity contribution in [2.75, 3.05) is 0 Å². The Kier molecular flexibility index (Phi) is 3.39. The van der Waals surface area contributed by atoms with Crippen molar-refractivity contribution in [2.24, 2.45) is 0 Å². The van der Waals surface area contributed by atoms with Crippen LogP contribution in [0.3, 0.4) is 0 Å². The summed E-state index contributed by atoms with van der Waals surface area (Å²) in [6.45, 7) is 5.99. The molecular weight excluding hydrogens is 297 g/mol. The zero-order chi connectivity index (χ0) is 16.8. The minimum absolute atomic E-state index is 0.142. The first-order valence-corrected chi connectivity index (χ1v) is 7.17. The lowest BCUT2D eigenvalue weighted by Crippen LogP contribution is -2.12. The number of carboxylic acids is 1. The van der Waals surface area contributed by atoms with Gasteiger partial charge >= 0.3 is 5.97 Å². The number of aromatic carboxylic acids is 1. The topological polar surface area (TPSA) is 67.5 Å². The SMILES string of the molecule is CC(C)(C)c1cc2nc(C(=O)O)cc(-c3ccccc3F)n2n1.